The Hall–Kier alpha value is -3.59. The summed E-state index contributed by atoms with van der Waals surface area (Å²) in [6.07, 6.45) is 1.37. The second-order valence-corrected chi connectivity index (χ2v) is 6.01. The van der Waals surface area contributed by atoms with Gasteiger partial charge >= 0.3 is 5.69 Å². The Morgan fingerprint density at radius 1 is 1.11 bits per heavy atom. The maximum absolute atomic E-state index is 11.1. The number of benzene rings is 2. The molecule has 0 amide bonds. The van der Waals surface area contributed by atoms with E-state index in [0.29, 0.717) is 5.56 Å². The minimum absolute atomic E-state index is 0.0161. The Bertz CT molecular complexity index is 1100. The molecule has 0 aliphatic rings. The molecule has 10 heteroatoms. The van der Waals surface area contributed by atoms with E-state index in [-0.39, 0.29) is 16.5 Å². The van der Waals surface area contributed by atoms with Gasteiger partial charge in [0.15, 0.2) is 0 Å². The van der Waals surface area contributed by atoms with Crippen LogP contribution in [0.5, 0.6) is 0 Å². The van der Waals surface area contributed by atoms with E-state index < -0.39 is 15.5 Å². The summed E-state index contributed by atoms with van der Waals surface area (Å²) in [6, 6.07) is 10.8. The molecule has 2 aromatic carbocycles. The number of aromatic nitrogens is 1. The Kier molecular flexibility index (Phi) is 4.95. The number of rotatable bonds is 5. The molecule has 1 aromatic heterocycles. The first-order valence-corrected chi connectivity index (χ1v) is 8.02. The summed E-state index contributed by atoms with van der Waals surface area (Å²) in [7, 11) is 0. The Morgan fingerprint density at radius 3 is 2.59 bits per heavy atom. The molecule has 1 N–H and O–H groups in total. The van der Waals surface area contributed by atoms with Gasteiger partial charge in [0, 0.05) is 17.0 Å². The van der Waals surface area contributed by atoms with Crippen molar-refractivity contribution >= 4 is 45.8 Å². The molecule has 136 valence electrons. The fourth-order valence-electron chi connectivity index (χ4n) is 2.41. The smallest absolute Gasteiger partial charge is 0.272 e. The minimum atomic E-state index is -0.724. The third-order valence-corrected chi connectivity index (χ3v) is 4.03. The third-order valence-electron chi connectivity index (χ3n) is 3.73. The van der Waals surface area contributed by atoms with E-state index >= 15 is 0 Å². The highest BCUT2D eigenvalue weighted by Crippen LogP contribution is 2.29. The number of nitrogens with zero attached hydrogens (tertiary/aromatic N) is 4. The highest BCUT2D eigenvalue weighted by molar-refractivity contribution is 6.32. The number of pyridine rings is 1. The number of hydrogen-bond donors (Lipinski definition) is 1. The van der Waals surface area contributed by atoms with E-state index in [9.17, 15) is 20.2 Å². The second kappa shape index (κ2) is 7.34. The Labute approximate surface area is 157 Å². The van der Waals surface area contributed by atoms with Crippen molar-refractivity contribution < 1.29 is 9.85 Å². The molecular formula is C17H12ClN5O4. The maximum atomic E-state index is 11.1. The van der Waals surface area contributed by atoms with Crippen LogP contribution >= 0.6 is 11.6 Å². The van der Waals surface area contributed by atoms with Gasteiger partial charge in [-0.1, -0.05) is 23.7 Å². The number of nitro benzene ring substituents is 2. The van der Waals surface area contributed by atoms with Gasteiger partial charge in [0.25, 0.3) is 5.69 Å². The van der Waals surface area contributed by atoms with Gasteiger partial charge in [0.2, 0.25) is 0 Å². The van der Waals surface area contributed by atoms with Gasteiger partial charge in [0.05, 0.1) is 27.6 Å². The summed E-state index contributed by atoms with van der Waals surface area (Å²) >= 11 is 6.16. The lowest BCUT2D eigenvalue weighted by Gasteiger charge is -2.04. The van der Waals surface area contributed by atoms with Crippen LogP contribution in [-0.2, 0) is 0 Å². The van der Waals surface area contributed by atoms with Gasteiger partial charge in [-0.3, -0.25) is 25.7 Å². The number of nitrogens with one attached hydrogen (secondary N) is 1. The fraction of sp³-hybridized carbons (Fsp3) is 0.0588. The van der Waals surface area contributed by atoms with Crippen LogP contribution in [0.3, 0.4) is 0 Å². The van der Waals surface area contributed by atoms with Crippen LogP contribution in [0.25, 0.3) is 10.9 Å². The molecule has 0 saturated carbocycles. The highest BCUT2D eigenvalue weighted by Gasteiger charge is 2.19. The molecule has 0 aliphatic heterocycles. The minimum Gasteiger partial charge on any atom is -0.272 e. The monoisotopic (exact) mass is 385 g/mol. The summed E-state index contributed by atoms with van der Waals surface area (Å²) in [5.41, 5.74) is 4.01. The van der Waals surface area contributed by atoms with E-state index in [1.807, 2.05) is 25.1 Å². The molecule has 3 aromatic rings. The van der Waals surface area contributed by atoms with Crippen molar-refractivity contribution in [2.24, 2.45) is 5.10 Å². The first-order valence-electron chi connectivity index (χ1n) is 7.64. The average molecular weight is 386 g/mol. The van der Waals surface area contributed by atoms with E-state index in [4.69, 9.17) is 11.6 Å². The molecule has 0 saturated heterocycles. The number of hydrogen-bond acceptors (Lipinski definition) is 7. The van der Waals surface area contributed by atoms with Gasteiger partial charge in [-0.2, -0.15) is 5.10 Å². The maximum Gasteiger partial charge on any atom is 0.301 e. The normalized spacial score (nSPS) is 11.0. The van der Waals surface area contributed by atoms with Crippen molar-refractivity contribution in [3.05, 3.63) is 79.0 Å². The van der Waals surface area contributed by atoms with Crippen molar-refractivity contribution in [1.82, 2.24) is 4.98 Å². The second-order valence-electron chi connectivity index (χ2n) is 5.65. The fourth-order valence-corrected chi connectivity index (χ4v) is 2.61. The third kappa shape index (κ3) is 3.98. The van der Waals surface area contributed by atoms with Gasteiger partial charge in [-0.05, 0) is 30.7 Å². The molecule has 0 bridgehead atoms. The zero-order chi connectivity index (χ0) is 19.6. The molecule has 0 unspecified atom stereocenters. The first kappa shape index (κ1) is 18.2. The number of fused-ring (bicyclic) bond motifs is 1. The average Bonchev–Trinajstić information content (AvgIpc) is 2.62. The van der Waals surface area contributed by atoms with E-state index in [1.165, 1.54) is 12.3 Å². The van der Waals surface area contributed by atoms with Crippen molar-refractivity contribution in [3.63, 3.8) is 0 Å². The van der Waals surface area contributed by atoms with Gasteiger partial charge in [-0.15, -0.1) is 0 Å². The summed E-state index contributed by atoms with van der Waals surface area (Å²) in [5.74, 6) is 0. The number of nitro groups is 2. The first-order chi connectivity index (χ1) is 12.8. The number of non-ortho nitro benzene ring substituents is 1. The summed E-state index contributed by atoms with van der Waals surface area (Å²) in [5, 5.41) is 26.9. The summed E-state index contributed by atoms with van der Waals surface area (Å²) in [6.45, 7) is 1.95. The topological polar surface area (TPSA) is 124 Å². The molecule has 0 aliphatic carbocycles. The van der Waals surface area contributed by atoms with E-state index in [1.54, 1.807) is 6.07 Å². The number of aryl methyl sites for hydroxylation is 1. The molecule has 0 spiro atoms. The van der Waals surface area contributed by atoms with Crippen LogP contribution in [-0.4, -0.2) is 21.0 Å². The number of halogens is 1. The predicted octanol–water partition coefficient (Wildman–Crippen LogP) is 4.46. The van der Waals surface area contributed by atoms with Crippen molar-refractivity contribution in [3.8, 4) is 0 Å². The molecule has 0 fully saturated rings. The Balaban J connectivity index is 1.88. The lowest BCUT2D eigenvalue weighted by atomic mass is 10.1. The molecule has 0 atom stereocenters. The standard InChI is InChI=1S/C17H12ClN5O4/c1-10-2-3-11-7-12(17(18)20-15(11)6-10)9-19-21-14-5-4-13(22(24)25)8-16(14)23(26)27/h2-9,21H,1H3/b19-9-. The van der Waals surface area contributed by atoms with E-state index in [2.05, 4.69) is 15.5 Å². The van der Waals surface area contributed by atoms with Crippen molar-refractivity contribution in [1.29, 1.82) is 0 Å². The lowest BCUT2D eigenvalue weighted by Crippen LogP contribution is -1.99. The van der Waals surface area contributed by atoms with Gasteiger partial charge < -0.3 is 0 Å². The van der Waals surface area contributed by atoms with Crippen LogP contribution < -0.4 is 5.43 Å². The molecule has 9 nitrogen and oxygen atoms in total. The van der Waals surface area contributed by atoms with Crippen molar-refractivity contribution in [2.75, 3.05) is 5.43 Å². The van der Waals surface area contributed by atoms with Gasteiger partial charge in [-0.25, -0.2) is 4.98 Å². The Morgan fingerprint density at radius 2 is 1.89 bits per heavy atom. The van der Waals surface area contributed by atoms with E-state index in [0.717, 1.165) is 28.6 Å². The number of anilines is 1. The quantitative estimate of drug-likeness (QED) is 0.299. The molecule has 0 radical (unpaired) electrons. The summed E-state index contributed by atoms with van der Waals surface area (Å²) < 4.78 is 0. The van der Waals surface area contributed by atoms with Crippen LogP contribution in [0.4, 0.5) is 17.1 Å². The number of hydrazone groups is 1. The SMILES string of the molecule is Cc1ccc2cc(/C=N\Nc3ccc([N+](=O)[O-])cc3[N+](=O)[O-])c(Cl)nc2c1. The highest BCUT2D eigenvalue weighted by atomic mass is 35.5. The molecule has 1 heterocycles. The molecular weight excluding hydrogens is 374 g/mol. The van der Waals surface area contributed by atoms with Crippen molar-refractivity contribution in [2.45, 2.75) is 6.92 Å². The van der Waals surface area contributed by atoms with Crippen LogP contribution in [0.1, 0.15) is 11.1 Å². The molecule has 27 heavy (non-hydrogen) atoms. The van der Waals surface area contributed by atoms with Crippen LogP contribution in [0, 0.1) is 27.2 Å². The zero-order valence-corrected chi connectivity index (χ0v) is 14.7. The van der Waals surface area contributed by atoms with Gasteiger partial charge in [0.1, 0.15) is 10.8 Å². The van der Waals surface area contributed by atoms with Crippen LogP contribution in [0.15, 0.2) is 47.6 Å². The predicted molar refractivity (Wildman–Crippen MR) is 102 cm³/mol. The van der Waals surface area contributed by atoms with Crippen LogP contribution in [0.2, 0.25) is 5.15 Å². The zero-order valence-electron chi connectivity index (χ0n) is 13.9. The summed E-state index contributed by atoms with van der Waals surface area (Å²) in [4.78, 5) is 24.8. The lowest BCUT2D eigenvalue weighted by molar-refractivity contribution is -0.393. The largest absolute Gasteiger partial charge is 0.301 e. The molecule has 3 rings (SSSR count).